The minimum atomic E-state index is -0.985. The molecule has 6 amide bonds. The van der Waals surface area contributed by atoms with Crippen LogP contribution in [0.25, 0.3) is 0 Å². The van der Waals surface area contributed by atoms with Crippen molar-refractivity contribution >= 4 is 41.5 Å². The van der Waals surface area contributed by atoms with Crippen LogP contribution in [0.2, 0.25) is 0 Å². The van der Waals surface area contributed by atoms with Gasteiger partial charge in [-0.15, -0.1) is 0 Å². The summed E-state index contributed by atoms with van der Waals surface area (Å²) in [7, 11) is 0. The summed E-state index contributed by atoms with van der Waals surface area (Å²) in [6.07, 6.45) is -0.354. The van der Waals surface area contributed by atoms with Crippen LogP contribution in [-0.2, 0) is 19.1 Å². The van der Waals surface area contributed by atoms with Gasteiger partial charge >= 0.3 is 12.2 Å². The minimum absolute atomic E-state index is 0.0803. The topological polar surface area (TPSA) is 158 Å². The molecule has 1 atom stereocenters. The molecule has 3 fully saturated rings. The number of amides is 6. The largest absolute Gasteiger partial charge is 0.444 e. The number of carbonyl (C=O) groups is 6. The first kappa shape index (κ1) is 33.7. The highest BCUT2D eigenvalue weighted by Gasteiger charge is 2.45. The van der Waals surface area contributed by atoms with Gasteiger partial charge in [0.1, 0.15) is 17.2 Å². The summed E-state index contributed by atoms with van der Waals surface area (Å²) in [5, 5.41) is 5.37. The second-order valence-corrected chi connectivity index (χ2v) is 13.3. The predicted molar refractivity (Wildman–Crippen MR) is 164 cm³/mol. The average molecular weight is 629 g/mol. The molecule has 14 nitrogen and oxygen atoms in total. The van der Waals surface area contributed by atoms with E-state index in [0.717, 1.165) is 36.8 Å². The fourth-order valence-corrected chi connectivity index (χ4v) is 5.30. The second kappa shape index (κ2) is 13.4. The molecule has 0 spiro atoms. The molecule has 5 rings (SSSR count). The summed E-state index contributed by atoms with van der Waals surface area (Å²) in [5.41, 5.74) is 0.304. The van der Waals surface area contributed by atoms with E-state index in [0.29, 0.717) is 26.2 Å². The molecular weight excluding hydrogens is 584 g/mol. The monoisotopic (exact) mass is 628 g/mol. The molecule has 0 aromatic heterocycles. The van der Waals surface area contributed by atoms with Gasteiger partial charge < -0.3 is 29.5 Å². The van der Waals surface area contributed by atoms with Gasteiger partial charge in [0.25, 0.3) is 11.8 Å². The van der Waals surface area contributed by atoms with Crippen molar-refractivity contribution in [3.05, 3.63) is 29.3 Å². The Morgan fingerprint density at radius 1 is 0.756 bits per heavy atom. The van der Waals surface area contributed by atoms with Gasteiger partial charge in [0.05, 0.1) is 11.1 Å². The van der Waals surface area contributed by atoms with Gasteiger partial charge in [-0.2, -0.15) is 0 Å². The average Bonchev–Trinajstić information content (AvgIpc) is 3.21. The number of anilines is 1. The van der Waals surface area contributed by atoms with Crippen molar-refractivity contribution < 1.29 is 38.2 Å². The Kier molecular flexibility index (Phi) is 10.1. The summed E-state index contributed by atoms with van der Waals surface area (Å²) in [6.45, 7) is 16.4. The van der Waals surface area contributed by atoms with E-state index in [-0.39, 0.29) is 41.8 Å². The van der Waals surface area contributed by atoms with Crippen molar-refractivity contribution in [1.29, 1.82) is 0 Å². The standard InChI is InChI=1S/C22H26N4O6.C9H18N2O2/c1-22(2,3)32-21(31)25-10-8-24(9-11-25)13-4-5-14-15(12-13)20(30)26(19(14)29)16-6-7-17(27)23-18(16)28;1-9(2,3)13-8(12)11-6-4-10-5-7-11/h4-5,12,16H,6-11H2,1-3H3,(H,23,27,28);10H,4-7H2,1-3H3. The molecule has 0 bridgehead atoms. The molecule has 1 aromatic carbocycles. The molecule has 45 heavy (non-hydrogen) atoms. The van der Waals surface area contributed by atoms with Crippen LogP contribution in [0.3, 0.4) is 0 Å². The van der Waals surface area contributed by atoms with E-state index >= 15 is 0 Å². The molecule has 2 N–H and O–H groups in total. The molecule has 0 aliphatic carbocycles. The van der Waals surface area contributed by atoms with E-state index in [1.165, 1.54) is 0 Å². The van der Waals surface area contributed by atoms with Crippen LogP contribution in [0.15, 0.2) is 18.2 Å². The van der Waals surface area contributed by atoms with Crippen LogP contribution >= 0.6 is 0 Å². The van der Waals surface area contributed by atoms with Crippen molar-refractivity contribution in [2.24, 2.45) is 0 Å². The molecule has 1 unspecified atom stereocenters. The summed E-state index contributed by atoms with van der Waals surface area (Å²) < 4.78 is 10.7. The zero-order valence-electron chi connectivity index (χ0n) is 26.9. The van der Waals surface area contributed by atoms with Gasteiger partial charge in [-0.3, -0.25) is 29.4 Å². The maximum Gasteiger partial charge on any atom is 0.410 e. The number of rotatable bonds is 2. The Morgan fingerprint density at radius 2 is 1.29 bits per heavy atom. The third kappa shape index (κ3) is 8.50. The normalized spacial score (nSPS) is 20.7. The maximum absolute atomic E-state index is 13.0. The molecule has 3 saturated heterocycles. The number of benzene rings is 1. The van der Waals surface area contributed by atoms with Crippen LogP contribution in [0.1, 0.15) is 75.1 Å². The number of nitrogens with one attached hydrogen (secondary N) is 2. The number of piperazine rings is 2. The number of piperidine rings is 1. The van der Waals surface area contributed by atoms with E-state index in [1.807, 2.05) is 46.4 Å². The Balaban J connectivity index is 0.000000297. The number of ether oxygens (including phenoxy) is 2. The van der Waals surface area contributed by atoms with E-state index in [2.05, 4.69) is 10.6 Å². The van der Waals surface area contributed by atoms with Gasteiger partial charge in [-0.1, -0.05) is 0 Å². The third-order valence-corrected chi connectivity index (χ3v) is 7.49. The van der Waals surface area contributed by atoms with Crippen molar-refractivity contribution in [2.45, 2.75) is 71.6 Å². The van der Waals surface area contributed by atoms with Crippen molar-refractivity contribution in [1.82, 2.24) is 25.3 Å². The first-order chi connectivity index (χ1) is 21.0. The molecule has 1 aromatic rings. The van der Waals surface area contributed by atoms with Crippen molar-refractivity contribution in [3.63, 3.8) is 0 Å². The number of hydrogen-bond donors (Lipinski definition) is 2. The zero-order valence-corrected chi connectivity index (χ0v) is 26.9. The van der Waals surface area contributed by atoms with Crippen LogP contribution in [0.5, 0.6) is 0 Å². The molecule has 4 aliphatic rings. The second-order valence-electron chi connectivity index (χ2n) is 13.3. The molecule has 0 saturated carbocycles. The van der Waals surface area contributed by atoms with E-state index in [9.17, 15) is 28.8 Å². The van der Waals surface area contributed by atoms with Crippen LogP contribution in [-0.4, -0.2) is 120 Å². The lowest BCUT2D eigenvalue weighted by Crippen LogP contribution is -2.54. The summed E-state index contributed by atoms with van der Waals surface area (Å²) in [4.78, 5) is 79.6. The molecule has 4 aliphatic heterocycles. The first-order valence-corrected chi connectivity index (χ1v) is 15.3. The third-order valence-electron chi connectivity index (χ3n) is 7.49. The van der Waals surface area contributed by atoms with Gasteiger partial charge in [-0.25, -0.2) is 9.59 Å². The first-order valence-electron chi connectivity index (χ1n) is 15.3. The van der Waals surface area contributed by atoms with Gasteiger partial charge in [0.2, 0.25) is 11.8 Å². The van der Waals surface area contributed by atoms with E-state index in [1.54, 1.807) is 28.0 Å². The Hall–Kier alpha value is -4.20. The van der Waals surface area contributed by atoms with Crippen molar-refractivity contribution in [3.8, 4) is 0 Å². The predicted octanol–water partition coefficient (Wildman–Crippen LogP) is 1.97. The molecular formula is C31H44N6O8. The Labute approximate surface area is 263 Å². The maximum atomic E-state index is 13.0. The highest BCUT2D eigenvalue weighted by Crippen LogP contribution is 2.31. The van der Waals surface area contributed by atoms with Gasteiger partial charge in [-0.05, 0) is 66.2 Å². The van der Waals surface area contributed by atoms with Gasteiger partial charge in [0.15, 0.2) is 0 Å². The minimum Gasteiger partial charge on any atom is -0.444 e. The summed E-state index contributed by atoms with van der Waals surface area (Å²) in [6, 6.07) is 4.03. The lowest BCUT2D eigenvalue weighted by molar-refractivity contribution is -0.136. The smallest absolute Gasteiger partial charge is 0.410 e. The van der Waals surface area contributed by atoms with Crippen molar-refractivity contribution in [2.75, 3.05) is 57.3 Å². The number of fused-ring (bicyclic) bond motifs is 1. The fraction of sp³-hybridized carbons (Fsp3) is 0.613. The highest BCUT2D eigenvalue weighted by atomic mass is 16.6. The molecule has 14 heteroatoms. The van der Waals surface area contributed by atoms with E-state index < -0.39 is 35.3 Å². The fourth-order valence-electron chi connectivity index (χ4n) is 5.30. The number of hydrogen-bond acceptors (Lipinski definition) is 10. The number of carbonyl (C=O) groups excluding carboxylic acids is 6. The number of imide groups is 2. The lowest BCUT2D eigenvalue weighted by atomic mass is 10.0. The van der Waals surface area contributed by atoms with E-state index in [4.69, 9.17) is 9.47 Å². The molecule has 0 radical (unpaired) electrons. The molecule has 246 valence electrons. The Bertz CT molecular complexity index is 1340. The Morgan fingerprint density at radius 3 is 1.82 bits per heavy atom. The SMILES string of the molecule is CC(C)(C)OC(=O)N1CCN(c2ccc3c(c2)C(=O)N(C2CCC(=O)NC2=O)C3=O)CC1.CC(C)(C)OC(=O)N1CCNCC1. The van der Waals surface area contributed by atoms with Crippen LogP contribution in [0.4, 0.5) is 15.3 Å². The molecule has 4 heterocycles. The van der Waals surface area contributed by atoms with Gasteiger partial charge in [0, 0.05) is 64.5 Å². The lowest BCUT2D eigenvalue weighted by Gasteiger charge is -2.36. The summed E-state index contributed by atoms with van der Waals surface area (Å²) in [5.74, 6) is -2.10. The van der Waals surface area contributed by atoms with Crippen LogP contribution in [0, 0.1) is 0 Å². The summed E-state index contributed by atoms with van der Waals surface area (Å²) >= 11 is 0. The quantitative estimate of drug-likeness (QED) is 0.464. The zero-order chi connectivity index (χ0) is 33.1. The number of nitrogens with zero attached hydrogens (tertiary/aromatic N) is 4. The van der Waals surface area contributed by atoms with Crippen LogP contribution < -0.4 is 15.5 Å². The highest BCUT2D eigenvalue weighted by molar-refractivity contribution is 6.23.